The van der Waals surface area contributed by atoms with Crippen LogP contribution in [0.2, 0.25) is 5.02 Å². The SMILES string of the molecule is COCC(COC)OCC(=O)NC1CCN(S(=O)(=O)c2cccc3cncc(Cl)c23)C1. The van der Waals surface area contributed by atoms with Gasteiger partial charge in [-0.15, -0.1) is 0 Å². The lowest BCUT2D eigenvalue weighted by Gasteiger charge is -2.19. The van der Waals surface area contributed by atoms with E-state index in [-0.39, 0.29) is 41.1 Å². The van der Waals surface area contributed by atoms with Crippen LogP contribution in [0.5, 0.6) is 0 Å². The van der Waals surface area contributed by atoms with E-state index < -0.39 is 10.0 Å². The van der Waals surface area contributed by atoms with Crippen molar-refractivity contribution >= 4 is 38.3 Å². The van der Waals surface area contributed by atoms with Crippen LogP contribution in [0.4, 0.5) is 0 Å². The van der Waals surface area contributed by atoms with Gasteiger partial charge >= 0.3 is 0 Å². The molecule has 1 aromatic carbocycles. The van der Waals surface area contributed by atoms with Crippen LogP contribution in [0.25, 0.3) is 10.8 Å². The number of amides is 1. The molecule has 1 amide bonds. The fraction of sp³-hybridized carbons (Fsp3) is 0.500. The molecule has 170 valence electrons. The van der Waals surface area contributed by atoms with Gasteiger partial charge in [-0.2, -0.15) is 4.31 Å². The second-order valence-corrected chi connectivity index (χ2v) is 9.55. The van der Waals surface area contributed by atoms with E-state index in [0.29, 0.717) is 37.0 Å². The van der Waals surface area contributed by atoms with Crippen molar-refractivity contribution in [3.05, 3.63) is 35.6 Å². The molecule has 2 aromatic rings. The molecule has 1 saturated heterocycles. The Kier molecular flexibility index (Phi) is 8.20. The zero-order valence-electron chi connectivity index (χ0n) is 17.4. The topological polar surface area (TPSA) is 107 Å². The molecule has 2 heterocycles. The predicted octanol–water partition coefficient (Wildman–Crippen LogP) is 1.45. The summed E-state index contributed by atoms with van der Waals surface area (Å²) in [5, 5.41) is 4.21. The van der Waals surface area contributed by atoms with E-state index in [1.54, 1.807) is 32.5 Å². The number of nitrogens with one attached hydrogen (secondary N) is 1. The monoisotopic (exact) mass is 471 g/mol. The predicted molar refractivity (Wildman–Crippen MR) is 116 cm³/mol. The average molecular weight is 472 g/mol. The molecule has 0 bridgehead atoms. The summed E-state index contributed by atoms with van der Waals surface area (Å²) in [6.45, 7) is 0.919. The third kappa shape index (κ3) is 5.71. The third-order valence-corrected chi connectivity index (χ3v) is 7.18. The molecule has 1 fully saturated rings. The standard InChI is InChI=1S/C20H26ClN3O6S/c1-28-11-16(12-29-2)30-13-19(25)23-15-6-7-24(10-15)31(26,27)18-5-3-4-14-8-22-9-17(21)20(14)18/h3-5,8-9,15-16H,6-7,10-13H2,1-2H3,(H,23,25). The summed E-state index contributed by atoms with van der Waals surface area (Å²) in [6, 6.07) is 4.66. The lowest BCUT2D eigenvalue weighted by molar-refractivity contribution is -0.131. The Labute approximate surface area is 186 Å². The second-order valence-electron chi connectivity index (χ2n) is 7.24. The highest BCUT2D eigenvalue weighted by Crippen LogP contribution is 2.32. The fourth-order valence-corrected chi connectivity index (χ4v) is 5.62. The number of nitrogens with zero attached hydrogens (tertiary/aromatic N) is 2. The van der Waals surface area contributed by atoms with Gasteiger partial charge in [-0.25, -0.2) is 8.42 Å². The maximum absolute atomic E-state index is 13.3. The van der Waals surface area contributed by atoms with Gasteiger partial charge in [0.05, 0.1) is 23.1 Å². The second kappa shape index (κ2) is 10.7. The Hall–Kier alpha value is -1.82. The minimum atomic E-state index is -3.79. The number of benzene rings is 1. The highest BCUT2D eigenvalue weighted by molar-refractivity contribution is 7.89. The summed E-state index contributed by atoms with van der Waals surface area (Å²) in [5.41, 5.74) is 0. The van der Waals surface area contributed by atoms with E-state index in [9.17, 15) is 13.2 Å². The first-order valence-corrected chi connectivity index (χ1v) is 11.6. The third-order valence-electron chi connectivity index (χ3n) is 4.99. The molecule has 1 unspecified atom stereocenters. The Balaban J connectivity index is 1.64. The maximum atomic E-state index is 13.3. The number of hydrogen-bond donors (Lipinski definition) is 1. The Morgan fingerprint density at radius 1 is 1.29 bits per heavy atom. The van der Waals surface area contributed by atoms with Gasteiger partial charge in [0.1, 0.15) is 12.7 Å². The van der Waals surface area contributed by atoms with E-state index in [1.807, 2.05) is 0 Å². The molecular weight excluding hydrogens is 446 g/mol. The van der Waals surface area contributed by atoms with Crippen LogP contribution >= 0.6 is 11.6 Å². The number of pyridine rings is 1. The molecule has 1 aliphatic rings. The molecule has 1 aliphatic heterocycles. The molecule has 11 heteroatoms. The molecule has 1 atom stereocenters. The first-order valence-electron chi connectivity index (χ1n) is 9.78. The van der Waals surface area contributed by atoms with Crippen LogP contribution in [-0.4, -0.2) is 82.9 Å². The first-order chi connectivity index (χ1) is 14.9. The van der Waals surface area contributed by atoms with E-state index in [4.69, 9.17) is 25.8 Å². The number of aromatic nitrogens is 1. The average Bonchev–Trinajstić information content (AvgIpc) is 3.21. The number of carbonyl (C=O) groups is 1. The molecule has 0 aliphatic carbocycles. The largest absolute Gasteiger partial charge is 0.382 e. The molecule has 0 spiro atoms. The van der Waals surface area contributed by atoms with Crippen molar-refractivity contribution in [1.29, 1.82) is 0 Å². The van der Waals surface area contributed by atoms with Gasteiger partial charge in [-0.1, -0.05) is 23.7 Å². The Morgan fingerprint density at radius 2 is 2.03 bits per heavy atom. The van der Waals surface area contributed by atoms with E-state index in [1.165, 1.54) is 16.6 Å². The van der Waals surface area contributed by atoms with Crippen molar-refractivity contribution in [2.75, 3.05) is 47.1 Å². The molecule has 9 nitrogen and oxygen atoms in total. The Morgan fingerprint density at radius 3 is 2.74 bits per heavy atom. The lowest BCUT2D eigenvalue weighted by atomic mass is 10.2. The van der Waals surface area contributed by atoms with Crippen LogP contribution in [0, 0.1) is 0 Å². The van der Waals surface area contributed by atoms with Gasteiger partial charge in [0.25, 0.3) is 0 Å². The minimum Gasteiger partial charge on any atom is -0.382 e. The summed E-state index contributed by atoms with van der Waals surface area (Å²) in [7, 11) is -0.710. The van der Waals surface area contributed by atoms with Crippen LogP contribution < -0.4 is 5.32 Å². The van der Waals surface area contributed by atoms with Gasteiger partial charge in [-0.05, 0) is 12.5 Å². The number of methoxy groups -OCH3 is 2. The van der Waals surface area contributed by atoms with Gasteiger partial charge in [0, 0.05) is 56.5 Å². The first kappa shape index (κ1) is 23.8. The van der Waals surface area contributed by atoms with Crippen LogP contribution in [0.3, 0.4) is 0 Å². The lowest BCUT2D eigenvalue weighted by Crippen LogP contribution is -2.41. The van der Waals surface area contributed by atoms with Crippen molar-refractivity contribution in [3.8, 4) is 0 Å². The molecule has 3 rings (SSSR count). The quantitative estimate of drug-likeness (QED) is 0.558. The molecular formula is C20H26ClN3O6S. The van der Waals surface area contributed by atoms with Crippen molar-refractivity contribution in [2.45, 2.75) is 23.5 Å². The van der Waals surface area contributed by atoms with Crippen LogP contribution in [-0.2, 0) is 29.0 Å². The van der Waals surface area contributed by atoms with Crippen LogP contribution in [0.1, 0.15) is 6.42 Å². The summed E-state index contributed by atoms with van der Waals surface area (Å²) < 4.78 is 43.5. The smallest absolute Gasteiger partial charge is 0.246 e. The van der Waals surface area contributed by atoms with Gasteiger partial charge in [-0.3, -0.25) is 9.78 Å². The minimum absolute atomic E-state index is 0.134. The number of ether oxygens (including phenoxy) is 3. The van der Waals surface area contributed by atoms with Crippen molar-refractivity contribution in [1.82, 2.24) is 14.6 Å². The number of fused-ring (bicyclic) bond motifs is 1. The zero-order valence-corrected chi connectivity index (χ0v) is 19.0. The van der Waals surface area contributed by atoms with Crippen molar-refractivity contribution in [2.24, 2.45) is 0 Å². The molecule has 1 N–H and O–H groups in total. The summed E-state index contributed by atoms with van der Waals surface area (Å²) in [5.74, 6) is -0.319. The molecule has 0 saturated carbocycles. The Bertz CT molecular complexity index is 1010. The maximum Gasteiger partial charge on any atom is 0.246 e. The highest BCUT2D eigenvalue weighted by atomic mass is 35.5. The zero-order chi connectivity index (χ0) is 22.4. The number of rotatable bonds is 10. The van der Waals surface area contributed by atoms with Gasteiger partial charge < -0.3 is 19.5 Å². The highest BCUT2D eigenvalue weighted by Gasteiger charge is 2.34. The number of halogens is 1. The van der Waals surface area contributed by atoms with Gasteiger partial charge in [0.15, 0.2) is 0 Å². The van der Waals surface area contributed by atoms with E-state index in [2.05, 4.69) is 10.3 Å². The molecule has 1 aromatic heterocycles. The number of sulfonamides is 1. The number of carbonyl (C=O) groups excluding carboxylic acids is 1. The fourth-order valence-electron chi connectivity index (χ4n) is 3.56. The summed E-state index contributed by atoms with van der Waals surface area (Å²) in [6.07, 6.45) is 3.15. The van der Waals surface area contributed by atoms with E-state index in [0.717, 1.165) is 0 Å². The molecule has 0 radical (unpaired) electrons. The van der Waals surface area contributed by atoms with Crippen LogP contribution in [0.15, 0.2) is 35.5 Å². The summed E-state index contributed by atoms with van der Waals surface area (Å²) in [4.78, 5) is 16.4. The summed E-state index contributed by atoms with van der Waals surface area (Å²) >= 11 is 6.24. The number of hydrogen-bond acceptors (Lipinski definition) is 7. The van der Waals surface area contributed by atoms with Gasteiger partial charge in [0.2, 0.25) is 15.9 Å². The normalized spacial score (nSPS) is 17.5. The molecule has 31 heavy (non-hydrogen) atoms. The van der Waals surface area contributed by atoms with Crippen molar-refractivity contribution < 1.29 is 27.4 Å². The van der Waals surface area contributed by atoms with Crippen molar-refractivity contribution in [3.63, 3.8) is 0 Å². The van der Waals surface area contributed by atoms with E-state index >= 15 is 0 Å².